The Morgan fingerprint density at radius 3 is 2.58 bits per heavy atom. The van der Waals surface area contributed by atoms with Crippen molar-refractivity contribution in [1.82, 2.24) is 4.98 Å². The van der Waals surface area contributed by atoms with Crippen molar-refractivity contribution in [3.05, 3.63) is 57.2 Å². The first-order valence-electron chi connectivity index (χ1n) is 5.84. The number of pyridine rings is 1. The average Bonchev–Trinajstić information content (AvgIpc) is 2.43. The van der Waals surface area contributed by atoms with Crippen molar-refractivity contribution in [2.24, 2.45) is 0 Å². The minimum absolute atomic E-state index is 0.393. The molecule has 1 aromatic carbocycles. The molecular weight excluding hydrogens is 328 g/mol. The maximum atomic E-state index is 6.08. The van der Waals surface area contributed by atoms with E-state index in [0.717, 1.165) is 21.5 Å². The Morgan fingerprint density at radius 2 is 1.89 bits per heavy atom. The Bertz CT molecular complexity index is 546. The van der Waals surface area contributed by atoms with Gasteiger partial charge in [-0.05, 0) is 29.8 Å². The zero-order chi connectivity index (χ0) is 13.7. The highest BCUT2D eigenvalue weighted by Crippen LogP contribution is 2.18. The van der Waals surface area contributed by atoms with Gasteiger partial charge in [-0.2, -0.15) is 0 Å². The standard InChI is InChI=1S/C14H14BrClN2O/c1-17-14-7-6-12(16)13(18-14)9-19-8-10-2-4-11(15)5-3-10/h2-7H,8-9H2,1H3,(H,17,18). The van der Waals surface area contributed by atoms with Crippen LogP contribution < -0.4 is 5.32 Å². The number of aromatic nitrogens is 1. The summed E-state index contributed by atoms with van der Waals surface area (Å²) in [6.45, 7) is 0.930. The van der Waals surface area contributed by atoms with Crippen LogP contribution in [0.5, 0.6) is 0 Å². The minimum atomic E-state index is 0.393. The fourth-order valence-corrected chi connectivity index (χ4v) is 2.00. The molecule has 1 N–H and O–H groups in total. The van der Waals surface area contributed by atoms with E-state index in [2.05, 4.69) is 26.2 Å². The minimum Gasteiger partial charge on any atom is -0.373 e. The normalized spacial score (nSPS) is 10.5. The molecule has 2 rings (SSSR count). The molecule has 0 spiro atoms. The first-order valence-corrected chi connectivity index (χ1v) is 7.01. The number of ether oxygens (including phenoxy) is 1. The molecule has 0 unspecified atom stereocenters. The average molecular weight is 342 g/mol. The molecule has 0 aliphatic heterocycles. The van der Waals surface area contributed by atoms with Gasteiger partial charge in [-0.25, -0.2) is 4.98 Å². The molecule has 2 aromatic rings. The molecule has 0 aliphatic carbocycles. The smallest absolute Gasteiger partial charge is 0.126 e. The zero-order valence-electron chi connectivity index (χ0n) is 10.5. The van der Waals surface area contributed by atoms with Gasteiger partial charge in [0.25, 0.3) is 0 Å². The molecule has 0 saturated carbocycles. The molecule has 0 fully saturated rings. The zero-order valence-corrected chi connectivity index (χ0v) is 12.8. The van der Waals surface area contributed by atoms with Crippen molar-refractivity contribution in [3.63, 3.8) is 0 Å². The van der Waals surface area contributed by atoms with Gasteiger partial charge >= 0.3 is 0 Å². The Kier molecular flexibility index (Phi) is 5.19. The maximum absolute atomic E-state index is 6.08. The Morgan fingerprint density at radius 1 is 1.16 bits per heavy atom. The van der Waals surface area contributed by atoms with Crippen LogP contribution in [0.4, 0.5) is 5.82 Å². The fourth-order valence-electron chi connectivity index (χ4n) is 1.57. The highest BCUT2D eigenvalue weighted by Gasteiger charge is 2.04. The Hall–Kier alpha value is -1.10. The van der Waals surface area contributed by atoms with Crippen LogP contribution in [-0.2, 0) is 18.0 Å². The highest BCUT2D eigenvalue weighted by molar-refractivity contribution is 9.10. The van der Waals surface area contributed by atoms with Crippen molar-refractivity contribution in [2.45, 2.75) is 13.2 Å². The van der Waals surface area contributed by atoms with Crippen LogP contribution in [0.1, 0.15) is 11.3 Å². The van der Waals surface area contributed by atoms with Crippen LogP contribution in [0.2, 0.25) is 5.02 Å². The molecule has 1 aromatic heterocycles. The first-order chi connectivity index (χ1) is 9.19. The Balaban J connectivity index is 1.93. The van der Waals surface area contributed by atoms with Gasteiger partial charge in [0.15, 0.2) is 0 Å². The van der Waals surface area contributed by atoms with Gasteiger partial charge in [0, 0.05) is 11.5 Å². The highest BCUT2D eigenvalue weighted by atomic mass is 79.9. The monoisotopic (exact) mass is 340 g/mol. The van der Waals surface area contributed by atoms with Crippen LogP contribution in [0, 0.1) is 0 Å². The lowest BCUT2D eigenvalue weighted by molar-refractivity contribution is 0.105. The van der Waals surface area contributed by atoms with Crippen LogP contribution in [0.25, 0.3) is 0 Å². The first kappa shape index (κ1) is 14.3. The Labute approximate surface area is 126 Å². The molecule has 19 heavy (non-hydrogen) atoms. The summed E-state index contributed by atoms with van der Waals surface area (Å²) in [5.41, 5.74) is 1.86. The third kappa shape index (κ3) is 4.20. The molecule has 100 valence electrons. The molecule has 0 atom stereocenters. The van der Waals surface area contributed by atoms with Crippen molar-refractivity contribution in [3.8, 4) is 0 Å². The molecule has 5 heteroatoms. The number of halogens is 2. The van der Waals surface area contributed by atoms with Gasteiger partial charge in [0.05, 0.1) is 23.9 Å². The quantitative estimate of drug-likeness (QED) is 0.882. The summed E-state index contributed by atoms with van der Waals surface area (Å²) in [7, 11) is 1.82. The van der Waals surface area contributed by atoms with Crippen LogP contribution in [0.15, 0.2) is 40.9 Å². The van der Waals surface area contributed by atoms with Gasteiger partial charge in [-0.3, -0.25) is 0 Å². The van der Waals surface area contributed by atoms with Crippen LogP contribution >= 0.6 is 27.5 Å². The summed E-state index contributed by atoms with van der Waals surface area (Å²) in [5.74, 6) is 0.784. The van der Waals surface area contributed by atoms with E-state index >= 15 is 0 Å². The summed E-state index contributed by atoms with van der Waals surface area (Å²) in [6.07, 6.45) is 0. The van der Waals surface area contributed by atoms with Gasteiger partial charge in [-0.15, -0.1) is 0 Å². The fraction of sp³-hybridized carbons (Fsp3) is 0.214. The summed E-state index contributed by atoms with van der Waals surface area (Å²) < 4.78 is 6.69. The number of nitrogens with zero attached hydrogens (tertiary/aromatic N) is 1. The van der Waals surface area contributed by atoms with E-state index in [0.29, 0.717) is 18.2 Å². The van der Waals surface area contributed by atoms with Gasteiger partial charge in [0.1, 0.15) is 5.82 Å². The lowest BCUT2D eigenvalue weighted by Gasteiger charge is -2.08. The molecule has 3 nitrogen and oxygen atoms in total. The number of hydrogen-bond acceptors (Lipinski definition) is 3. The van der Waals surface area contributed by atoms with Gasteiger partial charge < -0.3 is 10.1 Å². The predicted molar refractivity (Wildman–Crippen MR) is 81.4 cm³/mol. The molecule has 0 aliphatic rings. The second-order valence-corrected chi connectivity index (χ2v) is 5.32. The lowest BCUT2D eigenvalue weighted by atomic mass is 10.2. The number of rotatable bonds is 5. The summed E-state index contributed by atoms with van der Waals surface area (Å²) in [4.78, 5) is 4.36. The third-order valence-electron chi connectivity index (χ3n) is 2.60. The van der Waals surface area contributed by atoms with Crippen molar-refractivity contribution in [1.29, 1.82) is 0 Å². The largest absolute Gasteiger partial charge is 0.373 e. The van der Waals surface area contributed by atoms with E-state index in [-0.39, 0.29) is 0 Å². The number of anilines is 1. The van der Waals surface area contributed by atoms with E-state index < -0.39 is 0 Å². The summed E-state index contributed by atoms with van der Waals surface area (Å²) >= 11 is 9.48. The summed E-state index contributed by atoms with van der Waals surface area (Å²) in [6, 6.07) is 11.7. The molecule has 0 amide bonds. The molecular formula is C14H14BrClN2O. The third-order valence-corrected chi connectivity index (χ3v) is 3.47. The number of nitrogens with one attached hydrogen (secondary N) is 1. The van der Waals surface area contributed by atoms with E-state index in [1.807, 2.05) is 43.4 Å². The maximum Gasteiger partial charge on any atom is 0.126 e. The molecule has 0 saturated heterocycles. The van der Waals surface area contributed by atoms with Crippen molar-refractivity contribution >= 4 is 33.3 Å². The summed E-state index contributed by atoms with van der Waals surface area (Å²) in [5, 5.41) is 3.60. The van der Waals surface area contributed by atoms with Crippen LogP contribution in [-0.4, -0.2) is 12.0 Å². The molecule has 0 bridgehead atoms. The van der Waals surface area contributed by atoms with Crippen molar-refractivity contribution < 1.29 is 4.74 Å². The van der Waals surface area contributed by atoms with Gasteiger partial charge in [0.2, 0.25) is 0 Å². The topological polar surface area (TPSA) is 34.1 Å². The number of benzene rings is 1. The van der Waals surface area contributed by atoms with E-state index in [1.165, 1.54) is 0 Å². The SMILES string of the molecule is CNc1ccc(Cl)c(COCc2ccc(Br)cc2)n1. The predicted octanol–water partition coefficient (Wildman–Crippen LogP) is 4.26. The molecule has 0 radical (unpaired) electrons. The van der Waals surface area contributed by atoms with Crippen LogP contribution in [0.3, 0.4) is 0 Å². The second-order valence-electron chi connectivity index (χ2n) is 3.99. The van der Waals surface area contributed by atoms with E-state index in [1.54, 1.807) is 0 Å². The second kappa shape index (κ2) is 6.89. The number of hydrogen-bond donors (Lipinski definition) is 1. The van der Waals surface area contributed by atoms with Crippen molar-refractivity contribution in [2.75, 3.05) is 12.4 Å². The van der Waals surface area contributed by atoms with E-state index in [9.17, 15) is 0 Å². The van der Waals surface area contributed by atoms with E-state index in [4.69, 9.17) is 16.3 Å². The molecule has 1 heterocycles. The van der Waals surface area contributed by atoms with Gasteiger partial charge in [-0.1, -0.05) is 39.7 Å². The lowest BCUT2D eigenvalue weighted by Crippen LogP contribution is -2.00.